The SMILES string of the molecule is C=C1OCC(C)(C)C1OC. The molecule has 1 unspecified atom stereocenters. The molecule has 0 N–H and O–H groups in total. The second-order valence-corrected chi connectivity index (χ2v) is 3.36. The van der Waals surface area contributed by atoms with E-state index in [1.54, 1.807) is 7.11 Å². The van der Waals surface area contributed by atoms with Gasteiger partial charge in [0.1, 0.15) is 11.9 Å². The monoisotopic (exact) mass is 142 g/mol. The minimum Gasteiger partial charge on any atom is -0.495 e. The van der Waals surface area contributed by atoms with Crippen molar-refractivity contribution in [1.29, 1.82) is 0 Å². The highest BCUT2D eigenvalue weighted by Gasteiger charge is 2.39. The van der Waals surface area contributed by atoms with Crippen LogP contribution in [0.4, 0.5) is 0 Å². The van der Waals surface area contributed by atoms with Crippen molar-refractivity contribution in [3.8, 4) is 0 Å². The maximum atomic E-state index is 5.25. The fourth-order valence-electron chi connectivity index (χ4n) is 1.32. The first kappa shape index (κ1) is 7.61. The topological polar surface area (TPSA) is 18.5 Å². The molecule has 1 atom stereocenters. The van der Waals surface area contributed by atoms with Gasteiger partial charge >= 0.3 is 0 Å². The summed E-state index contributed by atoms with van der Waals surface area (Å²) in [6.07, 6.45) is 0.0625. The van der Waals surface area contributed by atoms with Crippen LogP contribution < -0.4 is 0 Å². The van der Waals surface area contributed by atoms with E-state index in [4.69, 9.17) is 9.47 Å². The molecule has 1 saturated heterocycles. The van der Waals surface area contributed by atoms with E-state index < -0.39 is 0 Å². The van der Waals surface area contributed by atoms with Gasteiger partial charge in [0.25, 0.3) is 0 Å². The summed E-state index contributed by atoms with van der Waals surface area (Å²) >= 11 is 0. The molecule has 0 aromatic rings. The molecule has 1 aliphatic heterocycles. The van der Waals surface area contributed by atoms with Crippen LogP contribution in [0.15, 0.2) is 12.3 Å². The van der Waals surface area contributed by atoms with Gasteiger partial charge in [0.15, 0.2) is 0 Å². The van der Waals surface area contributed by atoms with Crippen LogP contribution in [0.3, 0.4) is 0 Å². The highest BCUT2D eigenvalue weighted by Crippen LogP contribution is 2.35. The molecule has 0 aromatic heterocycles. The highest BCUT2D eigenvalue weighted by atomic mass is 16.5. The lowest BCUT2D eigenvalue weighted by Gasteiger charge is -2.21. The van der Waals surface area contributed by atoms with E-state index in [0.29, 0.717) is 6.61 Å². The second kappa shape index (κ2) is 2.27. The van der Waals surface area contributed by atoms with Crippen LogP contribution in [-0.4, -0.2) is 19.8 Å². The lowest BCUT2D eigenvalue weighted by atomic mass is 9.89. The van der Waals surface area contributed by atoms with Gasteiger partial charge in [0.2, 0.25) is 0 Å². The zero-order chi connectivity index (χ0) is 7.78. The third-order valence-electron chi connectivity index (χ3n) is 1.87. The molecule has 0 aliphatic carbocycles. The Bertz CT molecular complexity index is 149. The number of hydrogen-bond donors (Lipinski definition) is 0. The van der Waals surface area contributed by atoms with E-state index in [2.05, 4.69) is 20.4 Å². The maximum Gasteiger partial charge on any atom is 0.122 e. The summed E-state index contributed by atoms with van der Waals surface area (Å²) in [5, 5.41) is 0. The van der Waals surface area contributed by atoms with Crippen molar-refractivity contribution >= 4 is 0 Å². The highest BCUT2D eigenvalue weighted by molar-refractivity contribution is 5.06. The van der Waals surface area contributed by atoms with Crippen molar-refractivity contribution < 1.29 is 9.47 Å². The molecule has 10 heavy (non-hydrogen) atoms. The van der Waals surface area contributed by atoms with Gasteiger partial charge in [-0.05, 0) is 0 Å². The molecule has 0 aromatic carbocycles. The Labute approximate surface area is 61.8 Å². The largest absolute Gasteiger partial charge is 0.495 e. The quantitative estimate of drug-likeness (QED) is 0.553. The molecule has 2 nitrogen and oxygen atoms in total. The van der Waals surface area contributed by atoms with Crippen molar-refractivity contribution in [2.45, 2.75) is 20.0 Å². The molecule has 1 heterocycles. The Morgan fingerprint density at radius 3 is 2.50 bits per heavy atom. The lowest BCUT2D eigenvalue weighted by molar-refractivity contribution is 0.0594. The normalized spacial score (nSPS) is 30.3. The molecule has 2 heteroatoms. The molecule has 0 saturated carbocycles. The molecule has 1 rings (SSSR count). The molecule has 1 aliphatic rings. The summed E-state index contributed by atoms with van der Waals surface area (Å²) in [6.45, 7) is 8.69. The Morgan fingerprint density at radius 1 is 1.70 bits per heavy atom. The van der Waals surface area contributed by atoms with Crippen molar-refractivity contribution in [3.63, 3.8) is 0 Å². The zero-order valence-corrected chi connectivity index (χ0v) is 6.81. The van der Waals surface area contributed by atoms with Crippen LogP contribution in [-0.2, 0) is 9.47 Å². The van der Waals surface area contributed by atoms with Crippen molar-refractivity contribution in [3.05, 3.63) is 12.3 Å². The summed E-state index contributed by atoms with van der Waals surface area (Å²) in [7, 11) is 1.69. The summed E-state index contributed by atoms with van der Waals surface area (Å²) < 4.78 is 10.5. The predicted octanol–water partition coefficient (Wildman–Crippen LogP) is 1.57. The lowest BCUT2D eigenvalue weighted by Crippen LogP contribution is -2.27. The minimum absolute atomic E-state index is 0.0625. The fourth-order valence-corrected chi connectivity index (χ4v) is 1.32. The van der Waals surface area contributed by atoms with E-state index in [9.17, 15) is 0 Å². The van der Waals surface area contributed by atoms with Crippen LogP contribution >= 0.6 is 0 Å². The van der Waals surface area contributed by atoms with Gasteiger partial charge in [-0.2, -0.15) is 0 Å². The Kier molecular flexibility index (Phi) is 1.73. The minimum atomic E-state index is 0.0625. The van der Waals surface area contributed by atoms with E-state index >= 15 is 0 Å². The number of hydrogen-bond acceptors (Lipinski definition) is 2. The molecular weight excluding hydrogens is 128 g/mol. The second-order valence-electron chi connectivity index (χ2n) is 3.36. The third kappa shape index (κ3) is 1.03. The summed E-state index contributed by atoms with van der Waals surface area (Å²) in [6, 6.07) is 0. The van der Waals surface area contributed by atoms with Crippen molar-refractivity contribution in [1.82, 2.24) is 0 Å². The molecule has 1 fully saturated rings. The summed E-state index contributed by atoms with van der Waals surface area (Å²) in [5.74, 6) is 0.757. The van der Waals surface area contributed by atoms with Gasteiger partial charge in [-0.3, -0.25) is 0 Å². The van der Waals surface area contributed by atoms with Gasteiger partial charge in [0.05, 0.1) is 6.61 Å². The van der Waals surface area contributed by atoms with Gasteiger partial charge in [0, 0.05) is 12.5 Å². The molecule has 58 valence electrons. The molecule has 0 spiro atoms. The molecule has 0 radical (unpaired) electrons. The number of ether oxygens (including phenoxy) is 2. The average Bonchev–Trinajstić information content (AvgIpc) is 2.07. The van der Waals surface area contributed by atoms with Crippen LogP contribution in [0.2, 0.25) is 0 Å². The predicted molar refractivity (Wildman–Crippen MR) is 39.7 cm³/mol. The molecule has 0 amide bonds. The van der Waals surface area contributed by atoms with E-state index in [1.807, 2.05) is 0 Å². The zero-order valence-electron chi connectivity index (χ0n) is 6.81. The fraction of sp³-hybridized carbons (Fsp3) is 0.750. The van der Waals surface area contributed by atoms with Crippen LogP contribution in [0.1, 0.15) is 13.8 Å². The first-order chi connectivity index (χ1) is 4.58. The van der Waals surface area contributed by atoms with Gasteiger partial charge in [-0.25, -0.2) is 0 Å². The first-order valence-electron chi connectivity index (χ1n) is 3.42. The van der Waals surface area contributed by atoms with E-state index in [1.165, 1.54) is 0 Å². The Hall–Kier alpha value is -0.500. The Morgan fingerprint density at radius 2 is 2.30 bits per heavy atom. The van der Waals surface area contributed by atoms with Crippen molar-refractivity contribution in [2.24, 2.45) is 5.41 Å². The Balaban J connectivity index is 2.73. The van der Waals surface area contributed by atoms with E-state index in [-0.39, 0.29) is 11.5 Å². The first-order valence-corrected chi connectivity index (χ1v) is 3.42. The van der Waals surface area contributed by atoms with Gasteiger partial charge in [-0.15, -0.1) is 0 Å². The maximum absolute atomic E-state index is 5.25. The van der Waals surface area contributed by atoms with Crippen LogP contribution in [0, 0.1) is 5.41 Å². The molecule has 0 bridgehead atoms. The number of methoxy groups -OCH3 is 1. The average molecular weight is 142 g/mol. The molecular formula is C8H14O2. The van der Waals surface area contributed by atoms with Crippen molar-refractivity contribution in [2.75, 3.05) is 13.7 Å². The van der Waals surface area contributed by atoms with Crippen LogP contribution in [0.25, 0.3) is 0 Å². The smallest absolute Gasteiger partial charge is 0.122 e. The third-order valence-corrected chi connectivity index (χ3v) is 1.87. The standard InChI is InChI=1S/C8H14O2/c1-6-7(9-4)8(2,3)5-10-6/h7H,1,5H2,2-4H3. The van der Waals surface area contributed by atoms with Gasteiger partial charge in [-0.1, -0.05) is 20.4 Å². The number of rotatable bonds is 1. The summed E-state index contributed by atoms with van der Waals surface area (Å²) in [5.41, 5.74) is 0.0891. The van der Waals surface area contributed by atoms with E-state index in [0.717, 1.165) is 5.76 Å². The van der Waals surface area contributed by atoms with Gasteiger partial charge < -0.3 is 9.47 Å². The van der Waals surface area contributed by atoms with Crippen LogP contribution in [0.5, 0.6) is 0 Å². The summed E-state index contributed by atoms with van der Waals surface area (Å²) in [4.78, 5) is 0.